The lowest BCUT2D eigenvalue weighted by atomic mass is 10.2. The van der Waals surface area contributed by atoms with Gasteiger partial charge >= 0.3 is 0 Å². The van der Waals surface area contributed by atoms with Gasteiger partial charge in [0, 0.05) is 33.3 Å². The first-order chi connectivity index (χ1) is 9.66. The Morgan fingerprint density at radius 2 is 2.10 bits per heavy atom. The molecule has 0 bridgehead atoms. The molecule has 1 aromatic carbocycles. The number of nitrogens with one attached hydrogen (secondary N) is 1. The van der Waals surface area contributed by atoms with Crippen LogP contribution >= 0.6 is 27.5 Å². The van der Waals surface area contributed by atoms with E-state index in [9.17, 15) is 17.4 Å². The number of primary sulfonamides is 1. The summed E-state index contributed by atoms with van der Waals surface area (Å²) >= 11 is 9.06. The topological polar surface area (TPSA) is 106 Å². The van der Waals surface area contributed by atoms with Crippen LogP contribution in [0.2, 0.25) is 5.02 Å². The first kappa shape index (κ1) is 18.6. The first-order valence-corrected chi connectivity index (χ1v) is 10.0. The van der Waals surface area contributed by atoms with Crippen LogP contribution in [-0.4, -0.2) is 36.6 Å². The molecule has 0 radical (unpaired) electrons. The Bertz CT molecular complexity index is 679. The lowest BCUT2D eigenvalue weighted by molar-refractivity contribution is 0.0956. The molecule has 21 heavy (non-hydrogen) atoms. The number of hydrogen-bond acceptors (Lipinski definition) is 4. The van der Waals surface area contributed by atoms with Crippen molar-refractivity contribution < 1.29 is 17.4 Å². The molecule has 0 saturated carbocycles. The van der Waals surface area contributed by atoms with Crippen LogP contribution in [0.15, 0.2) is 21.5 Å². The van der Waals surface area contributed by atoms with Crippen molar-refractivity contribution in [3.05, 3.63) is 27.2 Å². The number of rotatable bonds is 6. The summed E-state index contributed by atoms with van der Waals surface area (Å²) in [4.78, 5) is 11.8. The van der Waals surface area contributed by atoms with Crippen molar-refractivity contribution in [1.82, 2.24) is 5.32 Å². The molecule has 0 fully saturated rings. The third-order valence-corrected chi connectivity index (χ3v) is 5.97. The summed E-state index contributed by atoms with van der Waals surface area (Å²) in [7, 11) is -4.95. The van der Waals surface area contributed by atoms with Crippen LogP contribution in [0.3, 0.4) is 0 Å². The van der Waals surface area contributed by atoms with E-state index in [1.54, 1.807) is 6.92 Å². The van der Waals surface area contributed by atoms with Gasteiger partial charge in [-0.05, 0) is 28.1 Å². The molecule has 0 heterocycles. The standard InChI is InChI=1S/C11H14BrClN2O4S2/c1-2-20(17)4-3-15-11(16)8-5-7(21(14,18)19)6-9(12)10(8)13/h5-6H,2-4H2,1H3,(H,15,16)(H2,14,18,19). The molecule has 0 aliphatic carbocycles. The Kier molecular flexibility index (Phi) is 6.79. The Morgan fingerprint density at radius 1 is 1.48 bits per heavy atom. The summed E-state index contributed by atoms with van der Waals surface area (Å²) < 4.78 is 34.2. The zero-order valence-electron chi connectivity index (χ0n) is 11.1. The number of carbonyl (C=O) groups is 1. The van der Waals surface area contributed by atoms with Crippen LogP contribution in [0.25, 0.3) is 0 Å². The van der Waals surface area contributed by atoms with E-state index in [0.717, 1.165) is 6.07 Å². The molecule has 1 aromatic rings. The average molecular weight is 418 g/mol. The number of hydrogen-bond donors (Lipinski definition) is 2. The van der Waals surface area contributed by atoms with E-state index < -0.39 is 26.7 Å². The van der Waals surface area contributed by atoms with Crippen molar-refractivity contribution in [2.75, 3.05) is 18.1 Å². The second kappa shape index (κ2) is 7.68. The van der Waals surface area contributed by atoms with E-state index in [4.69, 9.17) is 16.7 Å². The largest absolute Gasteiger partial charge is 0.351 e. The maximum Gasteiger partial charge on any atom is 0.252 e. The summed E-state index contributed by atoms with van der Waals surface area (Å²) in [6.45, 7) is 1.98. The van der Waals surface area contributed by atoms with E-state index in [1.807, 2.05) is 0 Å². The highest BCUT2D eigenvalue weighted by molar-refractivity contribution is 9.10. The van der Waals surface area contributed by atoms with Gasteiger partial charge in [-0.2, -0.15) is 0 Å². The van der Waals surface area contributed by atoms with Crippen LogP contribution in [-0.2, 0) is 20.8 Å². The Balaban J connectivity index is 2.99. The van der Waals surface area contributed by atoms with Crippen molar-refractivity contribution in [2.45, 2.75) is 11.8 Å². The molecule has 1 unspecified atom stereocenters. The van der Waals surface area contributed by atoms with Gasteiger partial charge in [-0.25, -0.2) is 13.6 Å². The minimum absolute atomic E-state index is 0.0163. The van der Waals surface area contributed by atoms with Crippen LogP contribution in [0.4, 0.5) is 0 Å². The third kappa shape index (κ3) is 5.33. The maximum absolute atomic E-state index is 12.0. The fraction of sp³-hybridized carbons (Fsp3) is 0.364. The van der Waals surface area contributed by atoms with Crippen molar-refractivity contribution in [3.63, 3.8) is 0 Å². The lowest BCUT2D eigenvalue weighted by Crippen LogP contribution is -2.28. The fourth-order valence-corrected chi connectivity index (χ4v) is 3.40. The van der Waals surface area contributed by atoms with E-state index in [1.165, 1.54) is 6.07 Å². The number of carbonyl (C=O) groups excluding carboxylic acids is 1. The van der Waals surface area contributed by atoms with Gasteiger partial charge in [0.05, 0.1) is 15.5 Å². The SMILES string of the molecule is CCS(=O)CCNC(=O)c1cc(S(N)(=O)=O)cc(Br)c1Cl. The molecule has 3 N–H and O–H groups in total. The predicted molar refractivity (Wildman–Crippen MR) is 86.4 cm³/mol. The van der Waals surface area contributed by atoms with E-state index >= 15 is 0 Å². The normalized spacial score (nSPS) is 13.0. The van der Waals surface area contributed by atoms with Crippen LogP contribution < -0.4 is 10.5 Å². The summed E-state index contributed by atoms with van der Waals surface area (Å²) in [6, 6.07) is 2.33. The van der Waals surface area contributed by atoms with Crippen molar-refractivity contribution in [1.29, 1.82) is 0 Å². The van der Waals surface area contributed by atoms with Gasteiger partial charge in [0.25, 0.3) is 5.91 Å². The number of amides is 1. The van der Waals surface area contributed by atoms with E-state index in [2.05, 4.69) is 21.2 Å². The first-order valence-electron chi connectivity index (χ1n) is 5.81. The van der Waals surface area contributed by atoms with E-state index in [0.29, 0.717) is 11.5 Å². The van der Waals surface area contributed by atoms with Gasteiger partial charge in [-0.3, -0.25) is 9.00 Å². The second-order valence-corrected chi connectivity index (χ2v) is 8.66. The van der Waals surface area contributed by atoms with Gasteiger partial charge in [-0.15, -0.1) is 0 Å². The minimum atomic E-state index is -3.95. The quantitative estimate of drug-likeness (QED) is 0.726. The average Bonchev–Trinajstić information content (AvgIpc) is 2.39. The van der Waals surface area contributed by atoms with Gasteiger partial charge < -0.3 is 5.32 Å². The van der Waals surface area contributed by atoms with E-state index in [-0.39, 0.29) is 26.5 Å². The molecule has 6 nitrogen and oxygen atoms in total. The molecule has 1 atom stereocenters. The molecule has 0 aliphatic heterocycles. The number of benzene rings is 1. The molecule has 10 heteroatoms. The lowest BCUT2D eigenvalue weighted by Gasteiger charge is -2.09. The highest BCUT2D eigenvalue weighted by atomic mass is 79.9. The number of nitrogens with two attached hydrogens (primary N) is 1. The highest BCUT2D eigenvalue weighted by Crippen LogP contribution is 2.29. The molecule has 1 amide bonds. The van der Waals surface area contributed by atoms with Crippen molar-refractivity contribution >= 4 is 54.3 Å². The van der Waals surface area contributed by atoms with Gasteiger partial charge in [0.2, 0.25) is 10.0 Å². The molecule has 0 saturated heterocycles. The van der Waals surface area contributed by atoms with Gasteiger partial charge in [-0.1, -0.05) is 18.5 Å². The zero-order chi connectivity index (χ0) is 16.2. The molecule has 0 spiro atoms. The monoisotopic (exact) mass is 416 g/mol. The van der Waals surface area contributed by atoms with Crippen molar-refractivity contribution in [3.8, 4) is 0 Å². The second-order valence-electron chi connectivity index (χ2n) is 4.00. The van der Waals surface area contributed by atoms with Gasteiger partial charge in [0.15, 0.2) is 0 Å². The fourth-order valence-electron chi connectivity index (χ4n) is 1.41. The Morgan fingerprint density at radius 3 is 2.62 bits per heavy atom. The van der Waals surface area contributed by atoms with Gasteiger partial charge in [0.1, 0.15) is 0 Å². The van der Waals surface area contributed by atoms with Crippen LogP contribution in [0.1, 0.15) is 17.3 Å². The van der Waals surface area contributed by atoms with Crippen LogP contribution in [0, 0.1) is 0 Å². The Hall–Kier alpha value is -0.480. The molecule has 1 rings (SSSR count). The minimum Gasteiger partial charge on any atom is -0.351 e. The summed E-state index contributed by atoms with van der Waals surface area (Å²) in [5.74, 6) is 0.262. The molecule has 118 valence electrons. The van der Waals surface area contributed by atoms with Crippen molar-refractivity contribution in [2.24, 2.45) is 5.14 Å². The third-order valence-electron chi connectivity index (χ3n) is 2.51. The maximum atomic E-state index is 12.0. The number of sulfonamides is 1. The number of halogens is 2. The predicted octanol–water partition coefficient (Wildman–Crippen LogP) is 1.25. The summed E-state index contributed by atoms with van der Waals surface area (Å²) in [6.07, 6.45) is 0. The smallest absolute Gasteiger partial charge is 0.252 e. The highest BCUT2D eigenvalue weighted by Gasteiger charge is 2.18. The summed E-state index contributed by atoms with van der Waals surface area (Å²) in [5.41, 5.74) is -0.0163. The molecule has 0 aromatic heterocycles. The molecule has 0 aliphatic rings. The summed E-state index contributed by atoms with van der Waals surface area (Å²) in [5, 5.41) is 7.66. The molecular formula is C11H14BrClN2O4S2. The Labute approximate surface area is 139 Å². The molecular weight excluding hydrogens is 404 g/mol. The van der Waals surface area contributed by atoms with Crippen LogP contribution in [0.5, 0.6) is 0 Å². The zero-order valence-corrected chi connectivity index (χ0v) is 15.0.